The average Bonchev–Trinajstić information content (AvgIpc) is 2.71. The standard InChI is InChI=1S/C23H23F2N3OS/c1-23(2,3)17-6-4-15(5-7-17)14-30-28-21-12-16(10-11-26-21)22(29)27-18-8-9-19(24)20(25)13-18/h4-13H,14H2,1-3H3,(H,26,28)(H,27,29). The minimum atomic E-state index is -1.02. The number of aromatic nitrogens is 1. The molecule has 0 aliphatic rings. The summed E-state index contributed by atoms with van der Waals surface area (Å²) in [4.78, 5) is 16.6. The first kappa shape index (κ1) is 21.8. The molecule has 0 aliphatic heterocycles. The van der Waals surface area contributed by atoms with E-state index < -0.39 is 17.5 Å². The van der Waals surface area contributed by atoms with Gasteiger partial charge in [-0.1, -0.05) is 45.0 Å². The lowest BCUT2D eigenvalue weighted by Crippen LogP contribution is -2.12. The van der Waals surface area contributed by atoms with Crippen LogP contribution >= 0.6 is 11.9 Å². The number of amides is 1. The van der Waals surface area contributed by atoms with Gasteiger partial charge in [-0.05, 0) is 52.8 Å². The van der Waals surface area contributed by atoms with Gasteiger partial charge in [0.1, 0.15) is 5.82 Å². The molecule has 1 heterocycles. The Morgan fingerprint density at radius 2 is 1.73 bits per heavy atom. The predicted octanol–water partition coefficient (Wildman–Crippen LogP) is 6.17. The van der Waals surface area contributed by atoms with E-state index in [1.165, 1.54) is 35.3 Å². The number of halogens is 2. The van der Waals surface area contributed by atoms with Crippen LogP contribution in [0.1, 0.15) is 42.3 Å². The molecule has 0 saturated heterocycles. The van der Waals surface area contributed by atoms with Gasteiger partial charge >= 0.3 is 0 Å². The zero-order valence-electron chi connectivity index (χ0n) is 17.0. The summed E-state index contributed by atoms with van der Waals surface area (Å²) in [7, 11) is 0. The summed E-state index contributed by atoms with van der Waals surface area (Å²) in [6, 6.07) is 14.8. The summed E-state index contributed by atoms with van der Waals surface area (Å²) >= 11 is 1.47. The van der Waals surface area contributed by atoms with E-state index in [2.05, 4.69) is 60.1 Å². The molecule has 0 bridgehead atoms. The first-order chi connectivity index (χ1) is 14.2. The topological polar surface area (TPSA) is 54.0 Å². The average molecular weight is 428 g/mol. The fourth-order valence-electron chi connectivity index (χ4n) is 2.70. The van der Waals surface area contributed by atoms with Gasteiger partial charge < -0.3 is 10.0 Å². The molecule has 0 radical (unpaired) electrons. The van der Waals surface area contributed by atoms with Gasteiger partial charge in [-0.3, -0.25) is 4.79 Å². The van der Waals surface area contributed by atoms with Crippen molar-refractivity contribution in [3.63, 3.8) is 0 Å². The second-order valence-electron chi connectivity index (χ2n) is 7.85. The number of hydrogen-bond donors (Lipinski definition) is 2. The molecule has 1 amide bonds. The van der Waals surface area contributed by atoms with Crippen LogP contribution in [0.3, 0.4) is 0 Å². The van der Waals surface area contributed by atoms with E-state index >= 15 is 0 Å². The number of hydrogen-bond acceptors (Lipinski definition) is 4. The molecule has 1 aromatic heterocycles. The van der Waals surface area contributed by atoms with Crippen LogP contribution in [0.15, 0.2) is 60.8 Å². The van der Waals surface area contributed by atoms with Crippen LogP contribution in [0, 0.1) is 11.6 Å². The molecule has 156 valence electrons. The van der Waals surface area contributed by atoms with Crippen molar-refractivity contribution in [1.82, 2.24) is 4.98 Å². The van der Waals surface area contributed by atoms with E-state index in [1.807, 2.05) is 0 Å². The zero-order chi connectivity index (χ0) is 21.7. The van der Waals surface area contributed by atoms with Gasteiger partial charge in [0.2, 0.25) is 0 Å². The van der Waals surface area contributed by atoms with Crippen molar-refractivity contribution in [2.75, 3.05) is 10.0 Å². The number of pyridine rings is 1. The SMILES string of the molecule is CC(C)(C)c1ccc(CSNc2cc(C(=O)Nc3ccc(F)c(F)c3)ccn2)cc1. The highest BCUT2D eigenvalue weighted by Gasteiger charge is 2.13. The zero-order valence-corrected chi connectivity index (χ0v) is 17.8. The van der Waals surface area contributed by atoms with Gasteiger partial charge in [0.05, 0.1) is 0 Å². The minimum absolute atomic E-state index is 0.120. The molecular formula is C23H23F2N3OS. The molecule has 0 saturated carbocycles. The van der Waals surface area contributed by atoms with E-state index in [4.69, 9.17) is 0 Å². The van der Waals surface area contributed by atoms with Gasteiger partial charge in [0.15, 0.2) is 11.6 Å². The quantitative estimate of drug-likeness (QED) is 0.462. The molecule has 3 rings (SSSR count). The molecule has 4 nitrogen and oxygen atoms in total. The van der Waals surface area contributed by atoms with Gasteiger partial charge in [-0.15, -0.1) is 0 Å². The predicted molar refractivity (Wildman–Crippen MR) is 119 cm³/mol. The summed E-state index contributed by atoms with van der Waals surface area (Å²) in [6.07, 6.45) is 1.52. The molecule has 0 aliphatic carbocycles. The van der Waals surface area contributed by atoms with E-state index in [1.54, 1.807) is 12.1 Å². The first-order valence-corrected chi connectivity index (χ1v) is 10.4. The van der Waals surface area contributed by atoms with Gasteiger partial charge in [-0.2, -0.15) is 0 Å². The fraction of sp³-hybridized carbons (Fsp3) is 0.217. The Kier molecular flexibility index (Phi) is 6.72. The van der Waals surface area contributed by atoms with Crippen molar-refractivity contribution < 1.29 is 13.6 Å². The van der Waals surface area contributed by atoms with Crippen molar-refractivity contribution in [2.45, 2.75) is 31.9 Å². The molecule has 0 fully saturated rings. The Morgan fingerprint density at radius 3 is 2.40 bits per heavy atom. The maximum atomic E-state index is 13.3. The van der Waals surface area contributed by atoms with Crippen LogP contribution in [0.2, 0.25) is 0 Å². The Hall–Kier alpha value is -2.93. The third-order valence-electron chi connectivity index (χ3n) is 4.44. The Morgan fingerprint density at radius 1 is 1.00 bits per heavy atom. The summed E-state index contributed by atoms with van der Waals surface area (Å²) in [5.41, 5.74) is 3.11. The van der Waals surface area contributed by atoms with Crippen molar-refractivity contribution in [2.24, 2.45) is 0 Å². The molecule has 2 N–H and O–H groups in total. The van der Waals surface area contributed by atoms with E-state index in [9.17, 15) is 13.6 Å². The second-order valence-corrected chi connectivity index (χ2v) is 8.63. The maximum absolute atomic E-state index is 13.3. The van der Waals surface area contributed by atoms with Crippen molar-refractivity contribution in [3.8, 4) is 0 Å². The number of carbonyl (C=O) groups excluding carboxylic acids is 1. The highest BCUT2D eigenvalue weighted by atomic mass is 32.2. The van der Waals surface area contributed by atoms with E-state index in [-0.39, 0.29) is 11.1 Å². The van der Waals surface area contributed by atoms with E-state index in [0.29, 0.717) is 11.4 Å². The summed E-state index contributed by atoms with van der Waals surface area (Å²) in [6.45, 7) is 6.54. The van der Waals surface area contributed by atoms with Crippen LogP contribution in [-0.4, -0.2) is 10.9 Å². The van der Waals surface area contributed by atoms with Crippen molar-refractivity contribution in [3.05, 3.63) is 89.1 Å². The summed E-state index contributed by atoms with van der Waals surface area (Å²) in [5, 5.41) is 2.54. The smallest absolute Gasteiger partial charge is 0.255 e. The minimum Gasteiger partial charge on any atom is -0.322 e. The highest BCUT2D eigenvalue weighted by molar-refractivity contribution is 7.99. The third-order valence-corrected chi connectivity index (χ3v) is 5.27. The number of rotatable bonds is 6. The van der Waals surface area contributed by atoms with Crippen molar-refractivity contribution in [1.29, 1.82) is 0 Å². The van der Waals surface area contributed by atoms with Crippen LogP contribution < -0.4 is 10.0 Å². The summed E-state index contributed by atoms with van der Waals surface area (Å²) < 4.78 is 29.5. The van der Waals surface area contributed by atoms with E-state index in [0.717, 1.165) is 17.9 Å². The molecule has 30 heavy (non-hydrogen) atoms. The molecule has 3 aromatic rings. The molecule has 7 heteroatoms. The van der Waals surface area contributed by atoms with Crippen LogP contribution in [0.4, 0.5) is 20.3 Å². The Balaban J connectivity index is 1.57. The fourth-order valence-corrected chi connectivity index (χ4v) is 3.39. The van der Waals surface area contributed by atoms with Crippen LogP contribution in [0.5, 0.6) is 0 Å². The second kappa shape index (κ2) is 9.26. The van der Waals surface area contributed by atoms with Crippen molar-refractivity contribution >= 4 is 29.4 Å². The lowest BCUT2D eigenvalue weighted by Gasteiger charge is -2.19. The first-order valence-electron chi connectivity index (χ1n) is 9.42. The van der Waals surface area contributed by atoms with Gasteiger partial charge in [0, 0.05) is 29.3 Å². The van der Waals surface area contributed by atoms with Crippen LogP contribution in [-0.2, 0) is 11.2 Å². The van der Waals surface area contributed by atoms with Gasteiger partial charge in [-0.25, -0.2) is 13.8 Å². The number of nitrogens with zero attached hydrogens (tertiary/aromatic N) is 1. The monoisotopic (exact) mass is 427 g/mol. The molecular weight excluding hydrogens is 404 g/mol. The van der Waals surface area contributed by atoms with Crippen LogP contribution in [0.25, 0.3) is 0 Å². The highest BCUT2D eigenvalue weighted by Crippen LogP contribution is 2.24. The largest absolute Gasteiger partial charge is 0.322 e. The summed E-state index contributed by atoms with van der Waals surface area (Å²) in [5.74, 6) is -1.15. The van der Waals surface area contributed by atoms with Gasteiger partial charge in [0.25, 0.3) is 5.91 Å². The number of benzene rings is 2. The maximum Gasteiger partial charge on any atom is 0.255 e. The molecule has 0 atom stereocenters. The molecule has 0 spiro atoms. The number of nitrogens with one attached hydrogen (secondary N) is 2. The number of anilines is 2. The molecule has 0 unspecified atom stereocenters. The normalized spacial score (nSPS) is 11.2. The Bertz CT molecular complexity index is 1030. The Labute approximate surface area is 179 Å². The lowest BCUT2D eigenvalue weighted by molar-refractivity contribution is 0.102. The molecule has 2 aromatic carbocycles. The third kappa shape index (κ3) is 5.79. The number of carbonyl (C=O) groups is 1. The lowest BCUT2D eigenvalue weighted by atomic mass is 9.87.